The summed E-state index contributed by atoms with van der Waals surface area (Å²) in [6, 6.07) is 2.09. The third-order valence-electron chi connectivity index (χ3n) is 4.47. The van der Waals surface area contributed by atoms with E-state index in [0.717, 1.165) is 37.8 Å². The van der Waals surface area contributed by atoms with E-state index in [1.54, 1.807) is 11.3 Å². The Balaban J connectivity index is 1.67. The summed E-state index contributed by atoms with van der Waals surface area (Å²) < 4.78 is 0. The molecule has 0 fully saturated rings. The molecule has 1 aliphatic carbocycles. The number of hydrogen-bond donors (Lipinski definition) is 2. The number of carbonyl (C=O) groups excluding carboxylic acids is 2. The summed E-state index contributed by atoms with van der Waals surface area (Å²) in [5, 5.41) is 5.59. The van der Waals surface area contributed by atoms with E-state index in [9.17, 15) is 9.59 Å². The van der Waals surface area contributed by atoms with Crippen LogP contribution in [0.1, 0.15) is 44.1 Å². The minimum absolute atomic E-state index is 0.113. The molecule has 0 unspecified atom stereocenters. The van der Waals surface area contributed by atoms with Crippen LogP contribution in [0.15, 0.2) is 11.4 Å². The van der Waals surface area contributed by atoms with Crippen LogP contribution in [-0.4, -0.2) is 30.3 Å². The summed E-state index contributed by atoms with van der Waals surface area (Å²) in [5.41, 5.74) is 8.39. The Hall–Kier alpha value is -1.70. The van der Waals surface area contributed by atoms with Gasteiger partial charge in [-0.1, -0.05) is 0 Å². The molecule has 0 aromatic carbocycles. The zero-order valence-corrected chi connectivity index (χ0v) is 16.2. The summed E-state index contributed by atoms with van der Waals surface area (Å²) in [6.45, 7) is 3.09. The number of anilines is 1. The highest BCUT2D eigenvalue weighted by atomic mass is 32.1. The standard InChI is InChI=1S/C18H23N3O2S2/c1-11-7-8-24-14(11)9-21(2)10-15(22)20-18-16(17(19)23)12-5-3-4-6-13(12)25-18/h7-8H,3-6,9-10H2,1-2H3,(H2,19,23)(H,20,22). The molecule has 2 amide bonds. The Morgan fingerprint density at radius 2 is 2.08 bits per heavy atom. The summed E-state index contributed by atoms with van der Waals surface area (Å²) in [5.74, 6) is -0.560. The Morgan fingerprint density at radius 3 is 2.76 bits per heavy atom. The molecule has 0 aliphatic heterocycles. The average molecular weight is 378 g/mol. The van der Waals surface area contributed by atoms with Crippen LogP contribution in [0.2, 0.25) is 0 Å². The van der Waals surface area contributed by atoms with Crippen molar-refractivity contribution in [2.24, 2.45) is 5.73 Å². The molecule has 3 N–H and O–H groups in total. The molecule has 7 heteroatoms. The number of primary amides is 1. The second-order valence-corrected chi connectivity index (χ2v) is 8.63. The van der Waals surface area contributed by atoms with Crippen LogP contribution < -0.4 is 11.1 Å². The minimum atomic E-state index is -0.447. The number of thiophene rings is 2. The Bertz CT molecular complexity index is 794. The lowest BCUT2D eigenvalue weighted by Gasteiger charge is -2.16. The molecule has 0 radical (unpaired) electrons. The SMILES string of the molecule is Cc1ccsc1CN(C)CC(=O)Nc1sc2c(c1C(N)=O)CCCC2. The van der Waals surface area contributed by atoms with Crippen LogP contribution >= 0.6 is 22.7 Å². The fourth-order valence-electron chi connectivity index (χ4n) is 3.19. The van der Waals surface area contributed by atoms with Gasteiger partial charge in [0.25, 0.3) is 5.91 Å². The molecule has 134 valence electrons. The van der Waals surface area contributed by atoms with Gasteiger partial charge in [-0.25, -0.2) is 0 Å². The van der Waals surface area contributed by atoms with Crippen molar-refractivity contribution in [1.29, 1.82) is 0 Å². The molecule has 1 aliphatic rings. The van der Waals surface area contributed by atoms with E-state index >= 15 is 0 Å². The number of likely N-dealkylation sites (N-methyl/N-ethyl adjacent to an activating group) is 1. The van der Waals surface area contributed by atoms with Crippen molar-refractivity contribution >= 4 is 39.5 Å². The summed E-state index contributed by atoms with van der Waals surface area (Å²) in [4.78, 5) is 28.7. The van der Waals surface area contributed by atoms with E-state index < -0.39 is 5.91 Å². The van der Waals surface area contributed by atoms with Crippen LogP contribution in [0.4, 0.5) is 5.00 Å². The number of amides is 2. The van der Waals surface area contributed by atoms with Crippen LogP contribution in [0, 0.1) is 6.92 Å². The topological polar surface area (TPSA) is 75.4 Å². The molecule has 0 saturated carbocycles. The largest absolute Gasteiger partial charge is 0.365 e. The Kier molecular flexibility index (Phi) is 5.56. The van der Waals surface area contributed by atoms with Gasteiger partial charge in [0, 0.05) is 16.3 Å². The first-order valence-corrected chi connectivity index (χ1v) is 10.1. The third kappa shape index (κ3) is 4.11. The zero-order chi connectivity index (χ0) is 18.0. The highest BCUT2D eigenvalue weighted by Crippen LogP contribution is 2.37. The summed E-state index contributed by atoms with van der Waals surface area (Å²) in [7, 11) is 1.92. The number of carbonyl (C=O) groups is 2. The van der Waals surface area contributed by atoms with E-state index in [1.807, 2.05) is 11.9 Å². The summed E-state index contributed by atoms with van der Waals surface area (Å²) in [6.07, 6.45) is 4.04. The molecular weight excluding hydrogens is 354 g/mol. The van der Waals surface area contributed by atoms with Crippen molar-refractivity contribution in [2.45, 2.75) is 39.2 Å². The van der Waals surface area contributed by atoms with Gasteiger partial charge >= 0.3 is 0 Å². The number of hydrogen-bond acceptors (Lipinski definition) is 5. The van der Waals surface area contributed by atoms with Crippen molar-refractivity contribution in [1.82, 2.24) is 4.90 Å². The van der Waals surface area contributed by atoms with Crippen molar-refractivity contribution in [3.63, 3.8) is 0 Å². The lowest BCUT2D eigenvalue weighted by atomic mass is 9.95. The first kappa shape index (κ1) is 18.1. The minimum Gasteiger partial charge on any atom is -0.365 e. The lowest BCUT2D eigenvalue weighted by molar-refractivity contribution is -0.117. The molecule has 0 spiro atoms. The smallest absolute Gasteiger partial charge is 0.251 e. The normalized spacial score (nSPS) is 13.7. The summed E-state index contributed by atoms with van der Waals surface area (Å²) >= 11 is 3.21. The highest BCUT2D eigenvalue weighted by molar-refractivity contribution is 7.17. The Morgan fingerprint density at radius 1 is 1.32 bits per heavy atom. The van der Waals surface area contributed by atoms with Gasteiger partial charge in [0.1, 0.15) is 5.00 Å². The number of aryl methyl sites for hydroxylation is 2. The van der Waals surface area contributed by atoms with E-state index in [4.69, 9.17) is 5.73 Å². The average Bonchev–Trinajstić information content (AvgIpc) is 3.10. The van der Waals surface area contributed by atoms with Gasteiger partial charge in [0.2, 0.25) is 5.91 Å². The third-order valence-corrected chi connectivity index (χ3v) is 6.68. The molecule has 3 rings (SSSR count). The second-order valence-electron chi connectivity index (χ2n) is 6.53. The number of rotatable bonds is 6. The number of nitrogens with zero attached hydrogens (tertiary/aromatic N) is 1. The number of nitrogens with one attached hydrogen (secondary N) is 1. The van der Waals surface area contributed by atoms with Crippen molar-refractivity contribution < 1.29 is 9.59 Å². The fraction of sp³-hybridized carbons (Fsp3) is 0.444. The van der Waals surface area contributed by atoms with Crippen LogP contribution in [0.5, 0.6) is 0 Å². The maximum Gasteiger partial charge on any atom is 0.251 e. The van der Waals surface area contributed by atoms with E-state index in [0.29, 0.717) is 10.6 Å². The molecule has 2 aromatic rings. The van der Waals surface area contributed by atoms with Crippen LogP contribution in [0.3, 0.4) is 0 Å². The Labute approximate surface area is 155 Å². The van der Waals surface area contributed by atoms with Gasteiger partial charge in [-0.15, -0.1) is 22.7 Å². The van der Waals surface area contributed by atoms with Crippen LogP contribution in [-0.2, 0) is 24.2 Å². The van der Waals surface area contributed by atoms with Crippen molar-refractivity contribution in [3.8, 4) is 0 Å². The molecular formula is C18H23N3O2S2. The molecule has 0 saturated heterocycles. The molecule has 2 heterocycles. The fourth-order valence-corrected chi connectivity index (χ4v) is 5.49. The molecule has 5 nitrogen and oxygen atoms in total. The molecule has 2 aromatic heterocycles. The van der Waals surface area contributed by atoms with Crippen LogP contribution in [0.25, 0.3) is 0 Å². The van der Waals surface area contributed by atoms with Gasteiger partial charge in [-0.3, -0.25) is 14.5 Å². The van der Waals surface area contributed by atoms with E-state index in [1.165, 1.54) is 26.7 Å². The molecule has 0 atom stereocenters. The van der Waals surface area contributed by atoms with Gasteiger partial charge in [0.05, 0.1) is 12.1 Å². The molecule has 25 heavy (non-hydrogen) atoms. The first-order chi connectivity index (χ1) is 12.0. The molecule has 0 bridgehead atoms. The van der Waals surface area contributed by atoms with Crippen molar-refractivity contribution in [3.05, 3.63) is 37.9 Å². The maximum atomic E-state index is 12.4. The predicted octanol–water partition coefficient (Wildman–Crippen LogP) is 3.17. The van der Waals surface area contributed by atoms with Gasteiger partial charge < -0.3 is 11.1 Å². The monoisotopic (exact) mass is 377 g/mol. The van der Waals surface area contributed by atoms with Gasteiger partial charge in [0.15, 0.2) is 0 Å². The quantitative estimate of drug-likeness (QED) is 0.812. The van der Waals surface area contributed by atoms with E-state index in [2.05, 4.69) is 23.7 Å². The number of fused-ring (bicyclic) bond motifs is 1. The first-order valence-electron chi connectivity index (χ1n) is 8.41. The lowest BCUT2D eigenvalue weighted by Crippen LogP contribution is -2.30. The number of nitrogens with two attached hydrogens (primary N) is 1. The predicted molar refractivity (Wildman–Crippen MR) is 103 cm³/mol. The maximum absolute atomic E-state index is 12.4. The highest BCUT2D eigenvalue weighted by Gasteiger charge is 2.25. The van der Waals surface area contributed by atoms with Gasteiger partial charge in [-0.2, -0.15) is 0 Å². The zero-order valence-electron chi connectivity index (χ0n) is 14.6. The van der Waals surface area contributed by atoms with Crippen molar-refractivity contribution in [2.75, 3.05) is 18.9 Å². The van der Waals surface area contributed by atoms with Gasteiger partial charge in [-0.05, 0) is 62.2 Å². The second kappa shape index (κ2) is 7.68. The van der Waals surface area contributed by atoms with E-state index in [-0.39, 0.29) is 12.5 Å².